The Hall–Kier alpha value is -0.380. The molecule has 1 atom stereocenters. The van der Waals surface area contributed by atoms with Gasteiger partial charge in [0.1, 0.15) is 0 Å². The third-order valence-corrected chi connectivity index (χ3v) is 3.38. The standard InChI is InChI=1S/C13H19BrO2/c1-3-13(15,8-5-9-16-2)11-6-4-7-12(14)10-11/h4,6-7,10,15H,3,5,8-9H2,1-2H3. The molecule has 0 amide bonds. The van der Waals surface area contributed by atoms with E-state index in [9.17, 15) is 5.11 Å². The molecule has 0 spiro atoms. The predicted molar refractivity (Wildman–Crippen MR) is 69.4 cm³/mol. The molecule has 16 heavy (non-hydrogen) atoms. The minimum Gasteiger partial charge on any atom is -0.385 e. The van der Waals surface area contributed by atoms with Crippen LogP contribution in [0.5, 0.6) is 0 Å². The third-order valence-electron chi connectivity index (χ3n) is 2.89. The van der Waals surface area contributed by atoms with Gasteiger partial charge in [0.25, 0.3) is 0 Å². The van der Waals surface area contributed by atoms with Crippen LogP contribution in [0.4, 0.5) is 0 Å². The summed E-state index contributed by atoms with van der Waals surface area (Å²) in [6.07, 6.45) is 2.31. The summed E-state index contributed by atoms with van der Waals surface area (Å²) >= 11 is 3.43. The van der Waals surface area contributed by atoms with Crippen LogP contribution in [-0.4, -0.2) is 18.8 Å². The normalized spacial score (nSPS) is 14.8. The second-order valence-corrected chi connectivity index (χ2v) is 4.91. The summed E-state index contributed by atoms with van der Waals surface area (Å²) in [5.41, 5.74) is 0.239. The van der Waals surface area contributed by atoms with E-state index < -0.39 is 5.60 Å². The highest BCUT2D eigenvalue weighted by molar-refractivity contribution is 9.10. The van der Waals surface area contributed by atoms with Gasteiger partial charge in [0.05, 0.1) is 5.60 Å². The molecule has 0 radical (unpaired) electrons. The largest absolute Gasteiger partial charge is 0.385 e. The third kappa shape index (κ3) is 3.58. The number of ether oxygens (including phenoxy) is 1. The van der Waals surface area contributed by atoms with Crippen LogP contribution in [0.3, 0.4) is 0 Å². The Morgan fingerprint density at radius 3 is 2.75 bits per heavy atom. The molecule has 90 valence electrons. The molecule has 1 N–H and O–H groups in total. The van der Waals surface area contributed by atoms with Gasteiger partial charge in [0, 0.05) is 18.2 Å². The fraction of sp³-hybridized carbons (Fsp3) is 0.538. The Balaban J connectivity index is 2.78. The maximum atomic E-state index is 10.6. The average molecular weight is 287 g/mol. The lowest BCUT2D eigenvalue weighted by atomic mass is 9.87. The van der Waals surface area contributed by atoms with E-state index in [1.165, 1.54) is 0 Å². The minimum atomic E-state index is -0.734. The summed E-state index contributed by atoms with van der Waals surface area (Å²) in [5, 5.41) is 10.6. The van der Waals surface area contributed by atoms with Gasteiger partial charge in [0.15, 0.2) is 0 Å². The molecule has 0 saturated heterocycles. The summed E-state index contributed by atoms with van der Waals surface area (Å²) in [4.78, 5) is 0. The molecule has 2 nitrogen and oxygen atoms in total. The fourth-order valence-electron chi connectivity index (χ4n) is 1.81. The predicted octanol–water partition coefficient (Wildman–Crippen LogP) is 3.47. The van der Waals surface area contributed by atoms with Gasteiger partial charge in [-0.25, -0.2) is 0 Å². The molecule has 1 unspecified atom stereocenters. The highest BCUT2D eigenvalue weighted by Crippen LogP contribution is 2.31. The van der Waals surface area contributed by atoms with E-state index in [0.29, 0.717) is 13.0 Å². The number of methoxy groups -OCH3 is 1. The highest BCUT2D eigenvalue weighted by atomic mass is 79.9. The van der Waals surface area contributed by atoms with E-state index in [2.05, 4.69) is 15.9 Å². The van der Waals surface area contributed by atoms with Crippen LogP contribution in [0, 0.1) is 0 Å². The summed E-state index contributed by atoms with van der Waals surface area (Å²) in [6.45, 7) is 2.70. The molecule has 0 aliphatic carbocycles. The topological polar surface area (TPSA) is 29.5 Å². The molecule has 1 aromatic rings. The molecule has 0 saturated carbocycles. The first-order valence-corrected chi connectivity index (χ1v) is 6.39. The van der Waals surface area contributed by atoms with Crippen molar-refractivity contribution in [2.24, 2.45) is 0 Å². The molecule has 0 fully saturated rings. The number of benzene rings is 1. The van der Waals surface area contributed by atoms with Gasteiger partial charge in [-0.3, -0.25) is 0 Å². The zero-order valence-electron chi connectivity index (χ0n) is 9.87. The maximum absolute atomic E-state index is 10.6. The fourth-order valence-corrected chi connectivity index (χ4v) is 2.21. The summed E-state index contributed by atoms with van der Waals surface area (Å²) < 4.78 is 6.02. The molecule has 0 aliphatic heterocycles. The summed E-state index contributed by atoms with van der Waals surface area (Å²) in [7, 11) is 1.68. The van der Waals surface area contributed by atoms with Crippen molar-refractivity contribution >= 4 is 15.9 Å². The van der Waals surface area contributed by atoms with Crippen LogP contribution >= 0.6 is 15.9 Å². The van der Waals surface area contributed by atoms with Crippen molar-refractivity contribution in [3.8, 4) is 0 Å². The molecule has 1 aromatic carbocycles. The number of aliphatic hydroxyl groups is 1. The van der Waals surface area contributed by atoms with Gasteiger partial charge < -0.3 is 9.84 Å². The lowest BCUT2D eigenvalue weighted by Crippen LogP contribution is -2.25. The SMILES string of the molecule is CCC(O)(CCCOC)c1cccc(Br)c1. The summed E-state index contributed by atoms with van der Waals surface area (Å²) in [5.74, 6) is 0. The lowest BCUT2D eigenvalue weighted by molar-refractivity contribution is 0.0146. The lowest BCUT2D eigenvalue weighted by Gasteiger charge is -2.27. The number of rotatable bonds is 6. The van der Waals surface area contributed by atoms with Crippen molar-refractivity contribution in [2.75, 3.05) is 13.7 Å². The van der Waals surface area contributed by atoms with Gasteiger partial charge in [-0.2, -0.15) is 0 Å². The minimum absolute atomic E-state index is 0.691. The van der Waals surface area contributed by atoms with Gasteiger partial charge in [0.2, 0.25) is 0 Å². The van der Waals surface area contributed by atoms with E-state index in [4.69, 9.17) is 4.74 Å². The maximum Gasteiger partial charge on any atom is 0.0895 e. The van der Waals surface area contributed by atoms with Crippen LogP contribution in [0.1, 0.15) is 31.7 Å². The average Bonchev–Trinajstić information content (AvgIpc) is 2.29. The first kappa shape index (κ1) is 13.7. The number of hydrogen-bond acceptors (Lipinski definition) is 2. The van der Waals surface area contributed by atoms with E-state index in [1.807, 2.05) is 31.2 Å². The second-order valence-electron chi connectivity index (χ2n) is 3.99. The Morgan fingerprint density at radius 2 is 2.19 bits per heavy atom. The van der Waals surface area contributed by atoms with Crippen molar-refractivity contribution in [1.29, 1.82) is 0 Å². The van der Waals surface area contributed by atoms with Gasteiger partial charge in [-0.15, -0.1) is 0 Å². The van der Waals surface area contributed by atoms with E-state index in [-0.39, 0.29) is 0 Å². The molecular formula is C13H19BrO2. The van der Waals surface area contributed by atoms with E-state index >= 15 is 0 Å². The smallest absolute Gasteiger partial charge is 0.0895 e. The van der Waals surface area contributed by atoms with E-state index in [1.54, 1.807) is 7.11 Å². The van der Waals surface area contributed by atoms with Crippen LogP contribution < -0.4 is 0 Å². The van der Waals surface area contributed by atoms with Crippen LogP contribution in [0.2, 0.25) is 0 Å². The molecule has 1 rings (SSSR count). The first-order chi connectivity index (χ1) is 7.62. The van der Waals surface area contributed by atoms with Crippen molar-refractivity contribution < 1.29 is 9.84 Å². The van der Waals surface area contributed by atoms with Gasteiger partial charge in [-0.05, 0) is 37.0 Å². The second kappa shape index (κ2) is 6.38. The number of halogens is 1. The molecule has 0 heterocycles. The highest BCUT2D eigenvalue weighted by Gasteiger charge is 2.26. The molecule has 0 bridgehead atoms. The Labute approximate surface area is 106 Å². The zero-order valence-corrected chi connectivity index (χ0v) is 11.5. The van der Waals surface area contributed by atoms with Crippen molar-refractivity contribution in [1.82, 2.24) is 0 Å². The summed E-state index contributed by atoms with van der Waals surface area (Å²) in [6, 6.07) is 7.88. The van der Waals surface area contributed by atoms with Crippen LogP contribution in [-0.2, 0) is 10.3 Å². The molecular weight excluding hydrogens is 268 g/mol. The quantitative estimate of drug-likeness (QED) is 0.812. The van der Waals surface area contributed by atoms with Crippen LogP contribution in [0.25, 0.3) is 0 Å². The molecule has 0 aliphatic rings. The monoisotopic (exact) mass is 286 g/mol. The van der Waals surface area contributed by atoms with Gasteiger partial charge in [-0.1, -0.05) is 35.0 Å². The van der Waals surface area contributed by atoms with E-state index in [0.717, 1.165) is 22.9 Å². The molecule has 0 aromatic heterocycles. The van der Waals surface area contributed by atoms with Crippen molar-refractivity contribution in [3.63, 3.8) is 0 Å². The van der Waals surface area contributed by atoms with Crippen molar-refractivity contribution in [2.45, 2.75) is 31.8 Å². The zero-order chi connectivity index (χ0) is 12.0. The number of hydrogen-bond donors (Lipinski definition) is 1. The first-order valence-electron chi connectivity index (χ1n) is 5.60. The Morgan fingerprint density at radius 1 is 1.44 bits per heavy atom. The van der Waals surface area contributed by atoms with Gasteiger partial charge >= 0.3 is 0 Å². The Kier molecular flexibility index (Phi) is 5.46. The van der Waals surface area contributed by atoms with Crippen LogP contribution in [0.15, 0.2) is 28.7 Å². The van der Waals surface area contributed by atoms with Crippen molar-refractivity contribution in [3.05, 3.63) is 34.3 Å². The Bertz CT molecular complexity index is 327. The molecule has 3 heteroatoms.